The zero-order valence-corrected chi connectivity index (χ0v) is 19.1. The van der Waals surface area contributed by atoms with Crippen LogP contribution in [0.1, 0.15) is 45.1 Å². The molecule has 0 N–H and O–H groups in total. The molecule has 6 heteroatoms. The Balaban J connectivity index is 1.84. The van der Waals surface area contributed by atoms with E-state index in [1.165, 1.54) is 12.1 Å². The van der Waals surface area contributed by atoms with E-state index in [1.54, 1.807) is 13.0 Å². The highest BCUT2D eigenvalue weighted by molar-refractivity contribution is 5.81. The van der Waals surface area contributed by atoms with Crippen molar-refractivity contribution in [1.29, 1.82) is 0 Å². The van der Waals surface area contributed by atoms with Gasteiger partial charge in [-0.25, -0.2) is 9.37 Å². The van der Waals surface area contributed by atoms with Crippen LogP contribution in [0.4, 0.5) is 4.39 Å². The van der Waals surface area contributed by atoms with Crippen molar-refractivity contribution in [2.45, 2.75) is 46.4 Å². The quantitative estimate of drug-likeness (QED) is 0.562. The molecule has 1 unspecified atom stereocenters. The molecule has 32 heavy (non-hydrogen) atoms. The predicted octanol–water partition coefficient (Wildman–Crippen LogP) is 5.07. The Morgan fingerprint density at radius 2 is 1.91 bits per heavy atom. The summed E-state index contributed by atoms with van der Waals surface area (Å²) in [5.41, 5.74) is 2.27. The van der Waals surface area contributed by atoms with Crippen LogP contribution in [0.25, 0.3) is 11.3 Å². The van der Waals surface area contributed by atoms with Gasteiger partial charge >= 0.3 is 0 Å². The Morgan fingerprint density at radius 3 is 2.59 bits per heavy atom. The highest BCUT2D eigenvalue weighted by Gasteiger charge is 2.41. The number of nitrogens with zero attached hydrogens (tertiary/aromatic N) is 3. The zero-order valence-electron chi connectivity index (χ0n) is 19.1. The smallest absolute Gasteiger partial charge is 0.252 e. The summed E-state index contributed by atoms with van der Waals surface area (Å²) in [6.07, 6.45) is 1.48. The molecule has 1 amide bonds. The standard InChI is InChI=1S/C26H30FN3O2/c1-18-25(31)30(13-14-32-18)23(26(2,3)4)24-28-22(20-11-8-12-21(27)15-20)17-29(24)16-19-9-6-5-7-10-19/h5-12,15,17-18,23H,13-14,16H2,1-4H3/t18?,23-/m0/s1. The fourth-order valence-electron chi connectivity index (χ4n) is 4.34. The van der Waals surface area contributed by atoms with Crippen LogP contribution in [0.2, 0.25) is 0 Å². The fraction of sp³-hybridized carbons (Fsp3) is 0.385. The van der Waals surface area contributed by atoms with Crippen LogP contribution in [-0.4, -0.2) is 39.6 Å². The van der Waals surface area contributed by atoms with E-state index in [2.05, 4.69) is 37.5 Å². The molecule has 0 spiro atoms. The van der Waals surface area contributed by atoms with Crippen molar-refractivity contribution in [3.63, 3.8) is 0 Å². The van der Waals surface area contributed by atoms with E-state index in [4.69, 9.17) is 9.72 Å². The molecule has 5 nitrogen and oxygen atoms in total. The predicted molar refractivity (Wildman–Crippen MR) is 122 cm³/mol. The van der Waals surface area contributed by atoms with Crippen molar-refractivity contribution < 1.29 is 13.9 Å². The van der Waals surface area contributed by atoms with Gasteiger partial charge in [0, 0.05) is 24.8 Å². The van der Waals surface area contributed by atoms with Crippen molar-refractivity contribution in [2.75, 3.05) is 13.2 Å². The molecule has 1 aromatic heterocycles. The number of halogens is 1. The van der Waals surface area contributed by atoms with Crippen molar-refractivity contribution in [3.05, 3.63) is 78.0 Å². The van der Waals surface area contributed by atoms with E-state index in [0.29, 0.717) is 31.0 Å². The topological polar surface area (TPSA) is 47.4 Å². The van der Waals surface area contributed by atoms with Gasteiger partial charge in [-0.3, -0.25) is 4.79 Å². The maximum Gasteiger partial charge on any atom is 0.252 e. The second-order valence-corrected chi connectivity index (χ2v) is 9.42. The summed E-state index contributed by atoms with van der Waals surface area (Å²) in [5, 5.41) is 0. The van der Waals surface area contributed by atoms with Crippen LogP contribution in [0.15, 0.2) is 60.8 Å². The second kappa shape index (κ2) is 8.87. The third-order valence-corrected chi connectivity index (χ3v) is 5.83. The van der Waals surface area contributed by atoms with Crippen LogP contribution in [0.5, 0.6) is 0 Å². The van der Waals surface area contributed by atoms with Crippen molar-refractivity contribution in [3.8, 4) is 11.3 Å². The maximum atomic E-state index is 13.9. The number of morpholine rings is 1. The molecule has 2 atom stereocenters. The average Bonchev–Trinajstić information content (AvgIpc) is 3.14. The number of benzene rings is 2. The average molecular weight is 436 g/mol. The lowest BCUT2D eigenvalue weighted by molar-refractivity contribution is -0.158. The number of carbonyl (C=O) groups excluding carboxylic acids is 1. The number of amides is 1. The Bertz CT molecular complexity index is 1090. The molecule has 1 aliphatic rings. The molecule has 2 aromatic carbocycles. The third-order valence-electron chi connectivity index (χ3n) is 5.83. The molecule has 0 saturated carbocycles. The molecule has 4 rings (SSSR count). The largest absolute Gasteiger partial charge is 0.367 e. The van der Waals surface area contributed by atoms with Crippen molar-refractivity contribution in [1.82, 2.24) is 14.5 Å². The fourth-order valence-corrected chi connectivity index (χ4v) is 4.34. The maximum absolute atomic E-state index is 13.9. The van der Waals surface area contributed by atoms with Crippen molar-refractivity contribution >= 4 is 5.91 Å². The minimum absolute atomic E-state index is 0.0299. The monoisotopic (exact) mass is 435 g/mol. The van der Waals surface area contributed by atoms with Gasteiger partial charge in [-0.2, -0.15) is 0 Å². The van der Waals surface area contributed by atoms with E-state index in [9.17, 15) is 9.18 Å². The molecule has 3 aromatic rings. The Labute approximate surface area is 188 Å². The Hall–Kier alpha value is -2.99. The summed E-state index contributed by atoms with van der Waals surface area (Å²) >= 11 is 0. The molecular formula is C26H30FN3O2. The third kappa shape index (κ3) is 4.60. The summed E-state index contributed by atoms with van der Waals surface area (Å²) in [5.74, 6) is 0.465. The molecular weight excluding hydrogens is 405 g/mol. The molecule has 1 aliphatic heterocycles. The van der Waals surface area contributed by atoms with E-state index in [1.807, 2.05) is 35.4 Å². The van der Waals surface area contributed by atoms with Crippen LogP contribution >= 0.6 is 0 Å². The summed E-state index contributed by atoms with van der Waals surface area (Å²) in [6, 6.07) is 16.4. The second-order valence-electron chi connectivity index (χ2n) is 9.42. The SMILES string of the molecule is CC1OCCN([C@@H](c2nc(-c3cccc(F)c3)cn2Cc2ccccc2)C(C)(C)C)C1=O. The van der Waals surface area contributed by atoms with Gasteiger partial charge in [0.25, 0.3) is 5.91 Å². The number of hydrogen-bond acceptors (Lipinski definition) is 3. The number of aromatic nitrogens is 2. The minimum atomic E-state index is -0.478. The molecule has 1 fully saturated rings. The summed E-state index contributed by atoms with van der Waals surface area (Å²) in [6.45, 7) is 9.77. The number of hydrogen-bond donors (Lipinski definition) is 0. The number of rotatable bonds is 5. The lowest BCUT2D eigenvalue weighted by Crippen LogP contribution is -2.51. The van der Waals surface area contributed by atoms with Gasteiger partial charge in [-0.1, -0.05) is 63.2 Å². The lowest BCUT2D eigenvalue weighted by Gasteiger charge is -2.43. The van der Waals surface area contributed by atoms with Crippen LogP contribution < -0.4 is 0 Å². The van der Waals surface area contributed by atoms with Crippen molar-refractivity contribution in [2.24, 2.45) is 5.41 Å². The molecule has 168 valence electrons. The number of imidazole rings is 1. The summed E-state index contributed by atoms with van der Waals surface area (Å²) in [7, 11) is 0. The lowest BCUT2D eigenvalue weighted by atomic mass is 9.84. The first-order valence-electron chi connectivity index (χ1n) is 11.0. The summed E-state index contributed by atoms with van der Waals surface area (Å²) in [4.78, 5) is 20.0. The first-order valence-corrected chi connectivity index (χ1v) is 11.0. The van der Waals surface area contributed by atoms with Gasteiger partial charge in [0.15, 0.2) is 0 Å². The first kappa shape index (κ1) is 22.2. The van der Waals surface area contributed by atoms with Gasteiger partial charge in [-0.15, -0.1) is 0 Å². The van der Waals surface area contributed by atoms with E-state index in [-0.39, 0.29) is 23.2 Å². The number of ether oxygens (including phenoxy) is 1. The molecule has 0 bridgehead atoms. The molecule has 2 heterocycles. The van der Waals surface area contributed by atoms with Gasteiger partial charge in [-0.05, 0) is 30.0 Å². The zero-order chi connectivity index (χ0) is 22.9. The van der Waals surface area contributed by atoms with Crippen LogP contribution in [-0.2, 0) is 16.1 Å². The van der Waals surface area contributed by atoms with E-state index < -0.39 is 6.10 Å². The molecule has 0 aliphatic carbocycles. The van der Waals surface area contributed by atoms with Crippen LogP contribution in [0, 0.1) is 11.2 Å². The number of carbonyl (C=O) groups is 1. The van der Waals surface area contributed by atoms with E-state index in [0.717, 1.165) is 11.4 Å². The van der Waals surface area contributed by atoms with Gasteiger partial charge in [0.05, 0.1) is 18.3 Å². The van der Waals surface area contributed by atoms with Gasteiger partial charge in [0.2, 0.25) is 0 Å². The molecule has 0 radical (unpaired) electrons. The normalized spacial score (nSPS) is 18.1. The highest BCUT2D eigenvalue weighted by atomic mass is 19.1. The summed E-state index contributed by atoms with van der Waals surface area (Å²) < 4.78 is 21.6. The van der Waals surface area contributed by atoms with Gasteiger partial charge < -0.3 is 14.2 Å². The Morgan fingerprint density at radius 1 is 1.16 bits per heavy atom. The van der Waals surface area contributed by atoms with E-state index >= 15 is 0 Å². The van der Waals surface area contributed by atoms with Gasteiger partial charge in [0.1, 0.15) is 17.7 Å². The molecule has 1 saturated heterocycles. The minimum Gasteiger partial charge on any atom is -0.367 e. The highest BCUT2D eigenvalue weighted by Crippen LogP contribution is 2.40. The van der Waals surface area contributed by atoms with Crippen LogP contribution in [0.3, 0.4) is 0 Å². The first-order chi connectivity index (χ1) is 15.2. The Kier molecular flexibility index (Phi) is 6.15.